The number of allylic oxidation sites excluding steroid dienone is 2. The van der Waals surface area contributed by atoms with Crippen LogP contribution in [0.5, 0.6) is 0 Å². The van der Waals surface area contributed by atoms with E-state index >= 15 is 0 Å². The Hall–Kier alpha value is -3.58. The molecule has 0 amide bonds. The third-order valence-corrected chi connectivity index (χ3v) is 2.16. The minimum Gasteiger partial charge on any atom is -0.337 e. The molecule has 0 fully saturated rings. The lowest BCUT2D eigenvalue weighted by atomic mass is 10.2. The van der Waals surface area contributed by atoms with E-state index in [0.717, 1.165) is 0 Å². The molecule has 0 aromatic heterocycles. The average molecular weight is 293 g/mol. The van der Waals surface area contributed by atoms with E-state index in [-0.39, 0.29) is 6.07 Å². The van der Waals surface area contributed by atoms with Gasteiger partial charge in [0, 0.05) is 6.07 Å². The van der Waals surface area contributed by atoms with Crippen molar-refractivity contribution in [2.24, 2.45) is 0 Å². The zero-order valence-corrected chi connectivity index (χ0v) is 9.82. The smallest absolute Gasteiger partial charge is 0.334 e. The Morgan fingerprint density at radius 3 is 2.14 bits per heavy atom. The third kappa shape index (κ3) is 2.88. The number of hydrogen-bond donors (Lipinski definition) is 1. The number of halogens is 3. The molecule has 0 bridgehead atoms. The maximum absolute atomic E-state index is 13.5. The van der Waals surface area contributed by atoms with Gasteiger partial charge in [-0.05, 0) is 0 Å². The molecule has 0 atom stereocenters. The second kappa shape index (κ2) is 6.04. The van der Waals surface area contributed by atoms with Gasteiger partial charge in [0.15, 0.2) is 22.9 Å². The standard InChI is InChI=1S/C11H2F3N5O2/c12-6-1-7(13)10(11(9(6)14)19(20)21)18-8(4-17)5(2-15)3-16/h1,18H. The topological polar surface area (TPSA) is 127 Å². The van der Waals surface area contributed by atoms with E-state index in [1.807, 2.05) is 0 Å². The predicted octanol–water partition coefficient (Wildman–Crippen LogP) is 2.25. The Balaban J connectivity index is 3.61. The Morgan fingerprint density at radius 2 is 1.71 bits per heavy atom. The monoisotopic (exact) mass is 293 g/mol. The van der Waals surface area contributed by atoms with Gasteiger partial charge < -0.3 is 5.32 Å². The van der Waals surface area contributed by atoms with E-state index in [9.17, 15) is 23.3 Å². The maximum Gasteiger partial charge on any atom is 0.334 e. The summed E-state index contributed by atoms with van der Waals surface area (Å²) in [5, 5.41) is 38.3. The zero-order chi connectivity index (χ0) is 16.2. The van der Waals surface area contributed by atoms with E-state index in [0.29, 0.717) is 0 Å². The van der Waals surface area contributed by atoms with E-state index in [1.165, 1.54) is 18.2 Å². The fourth-order valence-corrected chi connectivity index (χ4v) is 1.28. The molecule has 0 saturated carbocycles. The molecule has 1 rings (SSSR count). The molecule has 21 heavy (non-hydrogen) atoms. The summed E-state index contributed by atoms with van der Waals surface area (Å²) in [4.78, 5) is 9.28. The second-order valence-electron chi connectivity index (χ2n) is 3.35. The fraction of sp³-hybridized carbons (Fsp3) is 0. The molecule has 10 heteroatoms. The number of anilines is 1. The second-order valence-corrected chi connectivity index (χ2v) is 3.35. The largest absolute Gasteiger partial charge is 0.337 e. The highest BCUT2D eigenvalue weighted by molar-refractivity contribution is 5.69. The van der Waals surface area contributed by atoms with E-state index in [2.05, 4.69) is 0 Å². The first kappa shape index (κ1) is 15.5. The molecule has 1 N–H and O–H groups in total. The van der Waals surface area contributed by atoms with Gasteiger partial charge in [0.25, 0.3) is 0 Å². The lowest BCUT2D eigenvalue weighted by Crippen LogP contribution is -2.08. The van der Waals surface area contributed by atoms with Crippen molar-refractivity contribution in [3.63, 3.8) is 0 Å². The molecule has 0 spiro atoms. The predicted molar refractivity (Wildman–Crippen MR) is 60.5 cm³/mol. The molecular formula is C11H2F3N5O2. The molecule has 7 nitrogen and oxygen atoms in total. The molecule has 1 aromatic carbocycles. The van der Waals surface area contributed by atoms with Crippen molar-refractivity contribution in [1.29, 1.82) is 15.8 Å². The molecule has 0 aliphatic rings. The first-order chi connectivity index (χ1) is 9.87. The van der Waals surface area contributed by atoms with E-state index in [1.54, 1.807) is 5.32 Å². The Bertz CT molecular complexity index is 767. The van der Waals surface area contributed by atoms with Gasteiger partial charge in [-0.3, -0.25) is 10.1 Å². The summed E-state index contributed by atoms with van der Waals surface area (Å²) < 4.78 is 39.9. The Labute approximate surface area is 114 Å². The van der Waals surface area contributed by atoms with Crippen molar-refractivity contribution in [1.82, 2.24) is 0 Å². The van der Waals surface area contributed by atoms with Crippen LogP contribution in [0.25, 0.3) is 0 Å². The number of nitriles is 3. The van der Waals surface area contributed by atoms with Crippen LogP contribution in [0.1, 0.15) is 0 Å². The molecule has 1 aromatic rings. The quantitative estimate of drug-likeness (QED) is 0.394. The molecule has 0 aliphatic heterocycles. The van der Waals surface area contributed by atoms with Gasteiger partial charge in [-0.1, -0.05) is 0 Å². The van der Waals surface area contributed by atoms with Crippen molar-refractivity contribution in [3.8, 4) is 18.2 Å². The number of rotatable bonds is 3. The van der Waals surface area contributed by atoms with Crippen LogP contribution in [0.15, 0.2) is 17.3 Å². The lowest BCUT2D eigenvalue weighted by molar-refractivity contribution is -0.387. The van der Waals surface area contributed by atoms with Gasteiger partial charge in [-0.2, -0.15) is 20.2 Å². The molecule has 104 valence electrons. The van der Waals surface area contributed by atoms with Gasteiger partial charge in [-0.15, -0.1) is 0 Å². The molecule has 0 radical (unpaired) electrons. The van der Waals surface area contributed by atoms with Crippen molar-refractivity contribution < 1.29 is 18.1 Å². The van der Waals surface area contributed by atoms with Crippen LogP contribution in [-0.4, -0.2) is 4.92 Å². The summed E-state index contributed by atoms with van der Waals surface area (Å²) >= 11 is 0. The van der Waals surface area contributed by atoms with Crippen molar-refractivity contribution in [3.05, 3.63) is 44.9 Å². The highest BCUT2D eigenvalue weighted by atomic mass is 19.2. The summed E-state index contributed by atoms with van der Waals surface area (Å²) in [5.41, 5.74) is -4.40. The number of nitrogens with one attached hydrogen (secondary N) is 1. The summed E-state index contributed by atoms with van der Waals surface area (Å²) in [7, 11) is 0. The first-order valence-electron chi connectivity index (χ1n) is 4.90. The van der Waals surface area contributed by atoms with Crippen LogP contribution in [-0.2, 0) is 0 Å². The number of hydrogen-bond acceptors (Lipinski definition) is 6. The highest BCUT2D eigenvalue weighted by Gasteiger charge is 2.29. The van der Waals surface area contributed by atoms with Crippen LogP contribution in [0.2, 0.25) is 0 Å². The maximum atomic E-state index is 13.5. The molecular weight excluding hydrogens is 291 g/mol. The summed E-state index contributed by atoms with van der Waals surface area (Å²) in [6.45, 7) is 0. The summed E-state index contributed by atoms with van der Waals surface area (Å²) in [6, 6.07) is 3.90. The minimum atomic E-state index is -1.95. The molecule has 0 heterocycles. The number of nitro groups is 1. The fourth-order valence-electron chi connectivity index (χ4n) is 1.28. The van der Waals surface area contributed by atoms with Crippen LogP contribution >= 0.6 is 0 Å². The van der Waals surface area contributed by atoms with E-state index in [4.69, 9.17) is 15.8 Å². The minimum absolute atomic E-state index is 0.0259. The van der Waals surface area contributed by atoms with Crippen molar-refractivity contribution in [2.75, 3.05) is 5.32 Å². The van der Waals surface area contributed by atoms with Gasteiger partial charge in [0.05, 0.1) is 4.92 Å². The third-order valence-electron chi connectivity index (χ3n) is 2.16. The SMILES string of the molecule is N#CC(C#N)=C(C#N)Nc1c(F)cc(F)c(F)c1[N+](=O)[O-]. The van der Waals surface area contributed by atoms with Gasteiger partial charge >= 0.3 is 5.69 Å². The van der Waals surface area contributed by atoms with Crippen LogP contribution in [0.3, 0.4) is 0 Å². The number of benzene rings is 1. The van der Waals surface area contributed by atoms with Crippen molar-refractivity contribution in [2.45, 2.75) is 0 Å². The van der Waals surface area contributed by atoms with Crippen LogP contribution in [0, 0.1) is 61.6 Å². The van der Waals surface area contributed by atoms with E-state index < -0.39 is 45.0 Å². The number of nitrogens with zero attached hydrogens (tertiary/aromatic N) is 4. The Morgan fingerprint density at radius 1 is 1.14 bits per heavy atom. The van der Waals surface area contributed by atoms with Gasteiger partial charge in [0.2, 0.25) is 5.82 Å². The van der Waals surface area contributed by atoms with Crippen LogP contribution < -0.4 is 5.32 Å². The van der Waals surface area contributed by atoms with Gasteiger partial charge in [-0.25, -0.2) is 8.78 Å². The average Bonchev–Trinajstić information content (AvgIpc) is 2.43. The highest BCUT2D eigenvalue weighted by Crippen LogP contribution is 2.33. The van der Waals surface area contributed by atoms with Gasteiger partial charge in [0.1, 0.15) is 23.9 Å². The lowest BCUT2D eigenvalue weighted by Gasteiger charge is -2.08. The first-order valence-corrected chi connectivity index (χ1v) is 4.90. The molecule has 0 saturated heterocycles. The molecule has 0 unspecified atom stereocenters. The zero-order valence-electron chi connectivity index (χ0n) is 9.82. The number of nitro benzene ring substituents is 1. The van der Waals surface area contributed by atoms with Crippen LogP contribution in [0.4, 0.5) is 24.5 Å². The summed E-state index contributed by atoms with van der Waals surface area (Å²) in [5.74, 6) is -5.31. The van der Waals surface area contributed by atoms with Crippen molar-refractivity contribution >= 4 is 11.4 Å². The molecule has 0 aliphatic carbocycles. The normalized spacial score (nSPS) is 8.95. The Kier molecular flexibility index (Phi) is 4.45. The summed E-state index contributed by atoms with van der Waals surface area (Å²) in [6.07, 6.45) is 0.